The quantitative estimate of drug-likeness (QED) is 0.538. The maximum absolute atomic E-state index is 13.6. The molecule has 3 rings (SSSR count). The number of rotatable bonds is 8. The Morgan fingerprint density at radius 3 is 2.50 bits per heavy atom. The topological polar surface area (TPSA) is 41.6 Å². The van der Waals surface area contributed by atoms with Crippen LogP contribution in [-0.2, 0) is 9.53 Å². The number of likely N-dealkylation sites (N-methyl/N-ethyl adjacent to an activating group) is 1. The van der Waals surface area contributed by atoms with Gasteiger partial charge in [-0.3, -0.25) is 4.79 Å². The molecule has 2 aromatic rings. The van der Waals surface area contributed by atoms with E-state index in [1.165, 1.54) is 0 Å². The van der Waals surface area contributed by atoms with E-state index in [4.69, 9.17) is 27.9 Å². The van der Waals surface area contributed by atoms with Crippen molar-refractivity contribution in [3.8, 4) is 0 Å². The van der Waals surface area contributed by atoms with Gasteiger partial charge >= 0.3 is 0 Å². The van der Waals surface area contributed by atoms with Gasteiger partial charge in [-0.15, -0.1) is 6.58 Å². The van der Waals surface area contributed by atoms with Gasteiger partial charge in [0.2, 0.25) is 0 Å². The molecule has 1 amide bonds. The molecule has 1 fully saturated rings. The van der Waals surface area contributed by atoms with Crippen molar-refractivity contribution >= 4 is 29.1 Å². The van der Waals surface area contributed by atoms with Crippen molar-refractivity contribution in [2.24, 2.45) is 0 Å². The summed E-state index contributed by atoms with van der Waals surface area (Å²) in [5.74, 6) is -0.0183. The van der Waals surface area contributed by atoms with Gasteiger partial charge in [-0.25, -0.2) is 0 Å². The molecule has 0 aliphatic carbocycles. The third kappa shape index (κ3) is 4.89. The van der Waals surface area contributed by atoms with Crippen LogP contribution in [-0.4, -0.2) is 36.5 Å². The number of hydrogen-bond acceptors (Lipinski definition) is 3. The summed E-state index contributed by atoms with van der Waals surface area (Å²) in [7, 11) is 1.90. The Morgan fingerprint density at radius 1 is 1.17 bits per heavy atom. The molecule has 0 spiro atoms. The third-order valence-electron chi connectivity index (χ3n) is 5.50. The lowest BCUT2D eigenvalue weighted by atomic mass is 9.89. The van der Waals surface area contributed by atoms with E-state index in [1.54, 1.807) is 6.08 Å². The molecular weight excluding hydrogens is 419 g/mol. The minimum Gasteiger partial charge on any atom is -0.358 e. The first-order valence-electron chi connectivity index (χ1n) is 10.2. The van der Waals surface area contributed by atoms with Gasteiger partial charge in [0.15, 0.2) is 0 Å². The van der Waals surface area contributed by atoms with Crippen molar-refractivity contribution in [1.82, 2.24) is 10.2 Å². The smallest absolute Gasteiger partial charge is 0.252 e. The van der Waals surface area contributed by atoms with E-state index in [1.807, 2.05) is 60.5 Å². The zero-order valence-corrected chi connectivity index (χ0v) is 18.9. The van der Waals surface area contributed by atoms with Crippen LogP contribution >= 0.6 is 23.2 Å². The number of carbonyl (C=O) groups is 1. The Bertz CT molecular complexity index is 872. The summed E-state index contributed by atoms with van der Waals surface area (Å²) >= 11 is 12.4. The second-order valence-electron chi connectivity index (χ2n) is 7.49. The molecule has 160 valence electrons. The summed E-state index contributed by atoms with van der Waals surface area (Å²) in [5.41, 5.74) is 1.91. The number of benzene rings is 2. The van der Waals surface area contributed by atoms with Crippen molar-refractivity contribution in [3.63, 3.8) is 0 Å². The van der Waals surface area contributed by atoms with Gasteiger partial charge < -0.3 is 15.0 Å². The first-order valence-corrected chi connectivity index (χ1v) is 11.0. The maximum atomic E-state index is 13.6. The number of amides is 1. The SMILES string of the molecule is C=CC[C@H]1O[C@H](c2cccc(Cl)c2)[C@@H](c2ccc(Cl)cc2)N(C(CC)CNC)C1=O. The lowest BCUT2D eigenvalue weighted by Crippen LogP contribution is -2.56. The first-order chi connectivity index (χ1) is 14.5. The van der Waals surface area contributed by atoms with Crippen molar-refractivity contribution in [2.45, 2.75) is 44.1 Å². The molecule has 1 N–H and O–H groups in total. The molecule has 30 heavy (non-hydrogen) atoms. The molecule has 1 aliphatic rings. The van der Waals surface area contributed by atoms with Gasteiger partial charge in [-0.05, 0) is 48.9 Å². The van der Waals surface area contributed by atoms with Crippen LogP contribution in [0.3, 0.4) is 0 Å². The third-order valence-corrected chi connectivity index (χ3v) is 5.99. The van der Waals surface area contributed by atoms with E-state index in [0.717, 1.165) is 17.5 Å². The highest BCUT2D eigenvalue weighted by molar-refractivity contribution is 6.30. The zero-order valence-electron chi connectivity index (χ0n) is 17.4. The predicted octanol–water partition coefficient (Wildman–Crippen LogP) is 5.58. The Hall–Kier alpha value is -1.85. The summed E-state index contributed by atoms with van der Waals surface area (Å²) in [5, 5.41) is 4.52. The van der Waals surface area contributed by atoms with E-state index in [9.17, 15) is 4.79 Å². The molecule has 0 radical (unpaired) electrons. The Morgan fingerprint density at radius 2 is 1.90 bits per heavy atom. The van der Waals surface area contributed by atoms with Crippen LogP contribution in [0.2, 0.25) is 10.0 Å². The number of halogens is 2. The fraction of sp³-hybridized carbons (Fsp3) is 0.375. The molecule has 1 heterocycles. The van der Waals surface area contributed by atoms with Gasteiger partial charge in [0.25, 0.3) is 5.91 Å². The van der Waals surface area contributed by atoms with Crippen LogP contribution in [0, 0.1) is 0 Å². The number of nitrogens with one attached hydrogen (secondary N) is 1. The van der Waals surface area contributed by atoms with Gasteiger partial charge in [0.05, 0.1) is 6.04 Å². The standard InChI is InChI=1S/C24H28Cl2N2O2/c1-4-7-21-24(29)28(20(5-2)15-27-3)22(16-10-12-18(25)13-11-16)23(30-21)17-8-6-9-19(26)14-17/h4,6,8-14,20-23,27H,1,5,7,15H2,2-3H3/t20?,21-,22-,23-/m1/s1. The van der Waals surface area contributed by atoms with Crippen LogP contribution < -0.4 is 5.32 Å². The average Bonchev–Trinajstić information content (AvgIpc) is 2.74. The second kappa shape index (κ2) is 10.5. The summed E-state index contributed by atoms with van der Waals surface area (Å²) in [6.07, 6.45) is 2.06. The Labute approximate surface area is 188 Å². The lowest BCUT2D eigenvalue weighted by Gasteiger charge is -2.48. The molecule has 0 aromatic heterocycles. The number of nitrogens with zero attached hydrogens (tertiary/aromatic N) is 1. The zero-order chi connectivity index (χ0) is 21.7. The highest BCUT2D eigenvalue weighted by atomic mass is 35.5. The minimum atomic E-state index is -0.582. The summed E-state index contributed by atoms with van der Waals surface area (Å²) in [4.78, 5) is 15.5. The van der Waals surface area contributed by atoms with Crippen LogP contribution in [0.25, 0.3) is 0 Å². The number of hydrogen-bond donors (Lipinski definition) is 1. The molecule has 0 bridgehead atoms. The molecule has 1 saturated heterocycles. The van der Waals surface area contributed by atoms with Gasteiger partial charge in [-0.2, -0.15) is 0 Å². The van der Waals surface area contributed by atoms with Crippen LogP contribution in [0.5, 0.6) is 0 Å². The monoisotopic (exact) mass is 446 g/mol. The molecule has 4 nitrogen and oxygen atoms in total. The van der Waals surface area contributed by atoms with Crippen LogP contribution in [0.15, 0.2) is 61.2 Å². The van der Waals surface area contributed by atoms with Gasteiger partial charge in [0, 0.05) is 29.1 Å². The van der Waals surface area contributed by atoms with E-state index in [2.05, 4.69) is 18.8 Å². The first kappa shape index (κ1) is 22.8. The normalized spacial score (nSPS) is 22.7. The molecular formula is C24H28Cl2N2O2. The Kier molecular flexibility index (Phi) is 7.95. The fourth-order valence-corrected chi connectivity index (χ4v) is 4.41. The summed E-state index contributed by atoms with van der Waals surface area (Å²) < 4.78 is 6.41. The molecule has 6 heteroatoms. The summed E-state index contributed by atoms with van der Waals surface area (Å²) in [6, 6.07) is 15.0. The second-order valence-corrected chi connectivity index (χ2v) is 8.36. The molecule has 0 saturated carbocycles. The van der Waals surface area contributed by atoms with Crippen molar-refractivity contribution < 1.29 is 9.53 Å². The highest BCUT2D eigenvalue weighted by Crippen LogP contribution is 2.44. The number of carbonyl (C=O) groups excluding carboxylic acids is 1. The van der Waals surface area contributed by atoms with Gasteiger partial charge in [-0.1, -0.05) is 60.5 Å². The molecule has 2 aromatic carbocycles. The van der Waals surface area contributed by atoms with E-state index in [-0.39, 0.29) is 24.1 Å². The number of morpholine rings is 1. The predicted molar refractivity (Wildman–Crippen MR) is 123 cm³/mol. The average molecular weight is 447 g/mol. The van der Waals surface area contributed by atoms with Crippen LogP contribution in [0.1, 0.15) is 43.0 Å². The minimum absolute atomic E-state index is 0.0149. The van der Waals surface area contributed by atoms with Crippen molar-refractivity contribution in [2.75, 3.05) is 13.6 Å². The lowest BCUT2D eigenvalue weighted by molar-refractivity contribution is -0.178. The van der Waals surface area contributed by atoms with E-state index < -0.39 is 6.10 Å². The molecule has 1 aliphatic heterocycles. The molecule has 1 unspecified atom stereocenters. The number of ether oxygens (including phenoxy) is 1. The van der Waals surface area contributed by atoms with Crippen LogP contribution in [0.4, 0.5) is 0 Å². The summed E-state index contributed by atoms with van der Waals surface area (Å²) in [6.45, 7) is 6.60. The largest absolute Gasteiger partial charge is 0.358 e. The van der Waals surface area contributed by atoms with E-state index >= 15 is 0 Å². The van der Waals surface area contributed by atoms with Crippen molar-refractivity contribution in [3.05, 3.63) is 82.4 Å². The van der Waals surface area contributed by atoms with Gasteiger partial charge in [0.1, 0.15) is 12.2 Å². The maximum Gasteiger partial charge on any atom is 0.252 e. The van der Waals surface area contributed by atoms with E-state index in [0.29, 0.717) is 23.0 Å². The van der Waals surface area contributed by atoms with Crippen molar-refractivity contribution in [1.29, 1.82) is 0 Å². The fourth-order valence-electron chi connectivity index (χ4n) is 4.09. The molecule has 4 atom stereocenters. The Balaban J connectivity index is 2.16. The highest BCUT2D eigenvalue weighted by Gasteiger charge is 2.45.